The number of aromatic nitrogens is 2. The van der Waals surface area contributed by atoms with E-state index in [9.17, 15) is 4.79 Å². The van der Waals surface area contributed by atoms with Crippen LogP contribution in [0.2, 0.25) is 0 Å². The van der Waals surface area contributed by atoms with E-state index in [4.69, 9.17) is 5.10 Å². The van der Waals surface area contributed by atoms with Gasteiger partial charge in [-0.15, -0.1) is 0 Å². The Kier molecular flexibility index (Phi) is 5.62. The molecule has 2 aromatic carbocycles. The minimum atomic E-state index is -0.173. The van der Waals surface area contributed by atoms with Crippen LogP contribution in [0.1, 0.15) is 81.2 Å². The molecular weight excluding hydrogens is 442 g/mol. The fraction of sp³-hybridized carbons (Fsp3) is 0.500. The topological polar surface area (TPSA) is 46.9 Å². The molecule has 2 bridgehead atoms. The maximum absolute atomic E-state index is 13.9. The van der Waals surface area contributed by atoms with E-state index in [0.717, 1.165) is 25.0 Å². The highest BCUT2D eigenvalue weighted by atomic mass is 16.2. The molecule has 2 fully saturated rings. The number of amides is 1. The molecule has 3 aliphatic carbocycles. The largest absolute Gasteiger partial charge is 0.352 e. The quantitative estimate of drug-likeness (QED) is 0.443. The average Bonchev–Trinajstić information content (AvgIpc) is 3.49. The van der Waals surface area contributed by atoms with E-state index in [-0.39, 0.29) is 28.7 Å². The molecule has 1 aromatic heterocycles. The van der Waals surface area contributed by atoms with Gasteiger partial charge < -0.3 is 5.32 Å². The van der Waals surface area contributed by atoms with Crippen LogP contribution in [0, 0.1) is 23.7 Å². The van der Waals surface area contributed by atoms with Gasteiger partial charge in [-0.25, -0.2) is 0 Å². The Morgan fingerprint density at radius 3 is 2.50 bits per heavy atom. The van der Waals surface area contributed by atoms with Crippen molar-refractivity contribution in [3.05, 3.63) is 77.0 Å². The number of fused-ring (bicyclic) bond motifs is 3. The molecule has 0 radical (unpaired) electrons. The van der Waals surface area contributed by atoms with Gasteiger partial charge in [0.05, 0.1) is 23.9 Å². The van der Waals surface area contributed by atoms with Crippen molar-refractivity contribution in [1.82, 2.24) is 15.1 Å². The van der Waals surface area contributed by atoms with Crippen LogP contribution >= 0.6 is 0 Å². The summed E-state index contributed by atoms with van der Waals surface area (Å²) in [4.78, 5) is 13.9. The van der Waals surface area contributed by atoms with Gasteiger partial charge in [0.15, 0.2) is 0 Å². The van der Waals surface area contributed by atoms with E-state index in [0.29, 0.717) is 12.5 Å². The van der Waals surface area contributed by atoms with Gasteiger partial charge >= 0.3 is 0 Å². The Bertz CT molecular complexity index is 1270. The summed E-state index contributed by atoms with van der Waals surface area (Å²) in [5.74, 6) is 0.726. The third-order valence-electron chi connectivity index (χ3n) is 9.70. The van der Waals surface area contributed by atoms with Crippen molar-refractivity contribution in [2.24, 2.45) is 16.7 Å². The monoisotopic (exact) mass is 481 g/mol. The SMILES string of the molecule is Cc1ccc(-c2c3c(nn2Cc2ccccc2)C(C(=O)NC2C4(C)CCC(C4)C2(C)C)CCC3)cc1. The Morgan fingerprint density at radius 1 is 1.06 bits per heavy atom. The number of aryl methyl sites for hydroxylation is 1. The molecule has 3 aliphatic rings. The third kappa shape index (κ3) is 3.81. The molecule has 1 N–H and O–H groups in total. The lowest BCUT2D eigenvalue weighted by Crippen LogP contribution is -2.53. The van der Waals surface area contributed by atoms with Crippen molar-refractivity contribution in [3.63, 3.8) is 0 Å². The molecule has 4 heteroatoms. The zero-order chi connectivity index (χ0) is 25.1. The van der Waals surface area contributed by atoms with E-state index in [1.807, 2.05) is 0 Å². The van der Waals surface area contributed by atoms with Gasteiger partial charge in [-0.1, -0.05) is 80.9 Å². The van der Waals surface area contributed by atoms with Crippen molar-refractivity contribution in [3.8, 4) is 11.3 Å². The number of carbonyl (C=O) groups is 1. The first-order chi connectivity index (χ1) is 17.3. The van der Waals surface area contributed by atoms with Gasteiger partial charge in [-0.2, -0.15) is 5.10 Å². The molecule has 0 aliphatic heterocycles. The number of hydrogen-bond donors (Lipinski definition) is 1. The molecule has 4 atom stereocenters. The fourth-order valence-corrected chi connectivity index (χ4v) is 7.73. The molecule has 1 heterocycles. The predicted molar refractivity (Wildman–Crippen MR) is 145 cm³/mol. The molecule has 0 spiro atoms. The van der Waals surface area contributed by atoms with Crippen molar-refractivity contribution in [2.75, 3.05) is 0 Å². The summed E-state index contributed by atoms with van der Waals surface area (Å²) in [6, 6.07) is 19.5. The lowest BCUT2D eigenvalue weighted by Gasteiger charge is -2.43. The van der Waals surface area contributed by atoms with Crippen LogP contribution < -0.4 is 5.32 Å². The molecule has 36 heavy (non-hydrogen) atoms. The van der Waals surface area contributed by atoms with Gasteiger partial charge in [0.25, 0.3) is 0 Å². The minimum absolute atomic E-state index is 0.153. The summed E-state index contributed by atoms with van der Waals surface area (Å²) in [5.41, 5.74) is 7.48. The highest BCUT2D eigenvalue weighted by molar-refractivity contribution is 5.85. The fourth-order valence-electron chi connectivity index (χ4n) is 7.73. The zero-order valence-electron chi connectivity index (χ0n) is 22.2. The molecule has 6 rings (SSSR count). The molecular formula is C32H39N3O. The molecule has 3 aromatic rings. The number of nitrogens with one attached hydrogen (secondary N) is 1. The highest BCUT2D eigenvalue weighted by Gasteiger charge is 2.60. The van der Waals surface area contributed by atoms with Crippen molar-refractivity contribution in [2.45, 2.75) is 84.7 Å². The van der Waals surface area contributed by atoms with E-state index in [1.54, 1.807) is 0 Å². The average molecular weight is 482 g/mol. The second kappa shape index (κ2) is 8.61. The van der Waals surface area contributed by atoms with Gasteiger partial charge in [-0.3, -0.25) is 9.48 Å². The molecule has 0 saturated heterocycles. The first-order valence-electron chi connectivity index (χ1n) is 13.8. The van der Waals surface area contributed by atoms with Gasteiger partial charge in [-0.05, 0) is 67.8 Å². The molecule has 2 saturated carbocycles. The summed E-state index contributed by atoms with van der Waals surface area (Å²) in [5, 5.41) is 8.77. The van der Waals surface area contributed by atoms with E-state index in [1.165, 1.54) is 47.2 Å². The van der Waals surface area contributed by atoms with E-state index >= 15 is 0 Å². The van der Waals surface area contributed by atoms with Crippen LogP contribution in [-0.2, 0) is 17.8 Å². The van der Waals surface area contributed by atoms with Gasteiger partial charge in [0.1, 0.15) is 0 Å². The van der Waals surface area contributed by atoms with Crippen molar-refractivity contribution >= 4 is 5.91 Å². The van der Waals surface area contributed by atoms with Gasteiger partial charge in [0, 0.05) is 17.2 Å². The third-order valence-corrected chi connectivity index (χ3v) is 9.70. The predicted octanol–water partition coefficient (Wildman–Crippen LogP) is 6.66. The zero-order valence-corrected chi connectivity index (χ0v) is 22.2. The normalized spacial score (nSPS) is 28.2. The van der Waals surface area contributed by atoms with Crippen molar-refractivity contribution in [1.29, 1.82) is 0 Å². The van der Waals surface area contributed by atoms with E-state index in [2.05, 4.69) is 92.3 Å². The van der Waals surface area contributed by atoms with Crippen LogP contribution in [0.4, 0.5) is 0 Å². The van der Waals surface area contributed by atoms with Crippen molar-refractivity contribution < 1.29 is 4.79 Å². The number of hydrogen-bond acceptors (Lipinski definition) is 2. The lowest BCUT2D eigenvalue weighted by molar-refractivity contribution is -0.125. The van der Waals surface area contributed by atoms with Crippen LogP contribution in [0.3, 0.4) is 0 Å². The van der Waals surface area contributed by atoms with Crippen LogP contribution in [0.15, 0.2) is 54.6 Å². The smallest absolute Gasteiger partial charge is 0.229 e. The summed E-state index contributed by atoms with van der Waals surface area (Å²) in [7, 11) is 0. The first kappa shape index (κ1) is 23.5. The second-order valence-corrected chi connectivity index (χ2v) is 12.5. The van der Waals surface area contributed by atoms with Crippen LogP contribution in [-0.4, -0.2) is 21.7 Å². The first-order valence-corrected chi connectivity index (χ1v) is 13.8. The number of carbonyl (C=O) groups excluding carboxylic acids is 1. The van der Waals surface area contributed by atoms with Crippen LogP contribution in [0.5, 0.6) is 0 Å². The summed E-state index contributed by atoms with van der Waals surface area (Å²) >= 11 is 0. The number of rotatable bonds is 5. The Morgan fingerprint density at radius 2 is 1.81 bits per heavy atom. The number of benzene rings is 2. The molecule has 4 nitrogen and oxygen atoms in total. The standard InChI is InChI=1S/C32H39N3O/c1-21-13-15-23(16-14-21)28-25-11-8-12-26(27(25)34-35(28)20-22-9-6-5-7-10-22)29(36)33-30-31(2,3)24-17-18-32(30,4)19-24/h5-7,9-10,13-16,24,26,30H,8,11-12,17-20H2,1-4H3,(H,33,36). The lowest BCUT2D eigenvalue weighted by atomic mass is 9.68. The Balaban J connectivity index is 1.37. The molecule has 4 unspecified atom stereocenters. The molecule has 188 valence electrons. The maximum atomic E-state index is 13.9. The Hall–Kier alpha value is -2.88. The molecule has 1 amide bonds. The van der Waals surface area contributed by atoms with Gasteiger partial charge in [0.2, 0.25) is 5.91 Å². The minimum Gasteiger partial charge on any atom is -0.352 e. The summed E-state index contributed by atoms with van der Waals surface area (Å²) in [6.45, 7) is 9.95. The summed E-state index contributed by atoms with van der Waals surface area (Å²) in [6.07, 6.45) is 6.64. The summed E-state index contributed by atoms with van der Waals surface area (Å²) < 4.78 is 2.15. The highest BCUT2D eigenvalue weighted by Crippen LogP contribution is 2.62. The number of nitrogens with zero attached hydrogens (tertiary/aromatic N) is 2. The van der Waals surface area contributed by atoms with Crippen LogP contribution in [0.25, 0.3) is 11.3 Å². The second-order valence-electron chi connectivity index (χ2n) is 12.5. The Labute approximate surface area is 215 Å². The van der Waals surface area contributed by atoms with E-state index < -0.39 is 0 Å². The maximum Gasteiger partial charge on any atom is 0.229 e.